The van der Waals surface area contributed by atoms with Gasteiger partial charge in [0.2, 0.25) is 0 Å². The molecule has 0 saturated carbocycles. The van der Waals surface area contributed by atoms with Crippen LogP contribution in [0.5, 0.6) is 11.5 Å². The maximum Gasteiger partial charge on any atom is 0.195 e. The zero-order valence-electron chi connectivity index (χ0n) is 16.4. The average Bonchev–Trinajstić information content (AvgIpc) is 3.12. The summed E-state index contributed by atoms with van der Waals surface area (Å²) in [6.45, 7) is 9.55. The van der Waals surface area contributed by atoms with Crippen molar-refractivity contribution in [2.24, 2.45) is 10.9 Å². The number of methoxy groups -OCH3 is 2. The molecule has 26 heavy (non-hydrogen) atoms. The monoisotopic (exact) mass is 476 g/mol. The lowest BCUT2D eigenvalue weighted by molar-refractivity contribution is 0.291. The van der Waals surface area contributed by atoms with Gasteiger partial charge in [-0.25, -0.2) is 0 Å². The van der Waals surface area contributed by atoms with Crippen molar-refractivity contribution < 1.29 is 9.47 Å². The van der Waals surface area contributed by atoms with Crippen LogP contribution in [0.25, 0.3) is 0 Å². The zero-order valence-corrected chi connectivity index (χ0v) is 18.7. The standard InChI is InChI=1S/C19H32N4O2.HI/c1-5-20-19(21-13-15(2)14-23-10-6-7-11-23)22-16-8-9-17(24-3)18(12-16)25-4;/h8-9,12,15H,5-7,10-11,13-14H2,1-4H3,(H2,20,21,22);1H. The van der Waals surface area contributed by atoms with E-state index >= 15 is 0 Å². The van der Waals surface area contributed by atoms with E-state index in [4.69, 9.17) is 14.5 Å². The zero-order chi connectivity index (χ0) is 18.1. The van der Waals surface area contributed by atoms with Gasteiger partial charge >= 0.3 is 0 Å². The lowest BCUT2D eigenvalue weighted by atomic mass is 10.2. The number of aliphatic imine (C=N–C) groups is 1. The second-order valence-electron chi connectivity index (χ2n) is 6.53. The Balaban J connectivity index is 0.00000338. The van der Waals surface area contributed by atoms with Crippen LogP contribution >= 0.6 is 24.0 Å². The quantitative estimate of drug-likeness (QED) is 0.342. The first kappa shape index (κ1) is 22.8. The Morgan fingerprint density at radius 3 is 2.50 bits per heavy atom. The van der Waals surface area contributed by atoms with Gasteiger partial charge in [0, 0.05) is 31.4 Å². The third-order valence-corrected chi connectivity index (χ3v) is 4.32. The van der Waals surface area contributed by atoms with Gasteiger partial charge < -0.3 is 25.0 Å². The summed E-state index contributed by atoms with van der Waals surface area (Å²) in [5, 5.41) is 6.64. The van der Waals surface area contributed by atoms with Gasteiger partial charge in [0.1, 0.15) is 0 Å². The van der Waals surface area contributed by atoms with Crippen LogP contribution in [0.2, 0.25) is 0 Å². The van der Waals surface area contributed by atoms with Crippen molar-refractivity contribution in [1.29, 1.82) is 0 Å². The summed E-state index contributed by atoms with van der Waals surface area (Å²) >= 11 is 0. The number of halogens is 1. The molecule has 2 rings (SSSR count). The van der Waals surface area contributed by atoms with Crippen molar-refractivity contribution in [2.75, 3.05) is 52.3 Å². The number of hydrogen-bond acceptors (Lipinski definition) is 4. The highest BCUT2D eigenvalue weighted by molar-refractivity contribution is 14.0. The lowest BCUT2D eigenvalue weighted by Gasteiger charge is -2.19. The van der Waals surface area contributed by atoms with Crippen molar-refractivity contribution in [1.82, 2.24) is 10.2 Å². The van der Waals surface area contributed by atoms with Crippen LogP contribution in [-0.2, 0) is 0 Å². The summed E-state index contributed by atoms with van der Waals surface area (Å²) in [5.74, 6) is 2.75. The molecule has 0 aliphatic carbocycles. The van der Waals surface area contributed by atoms with Gasteiger partial charge in [0.25, 0.3) is 0 Å². The van der Waals surface area contributed by atoms with E-state index in [0.717, 1.165) is 31.3 Å². The van der Waals surface area contributed by atoms with Crippen LogP contribution in [0.15, 0.2) is 23.2 Å². The highest BCUT2D eigenvalue weighted by Crippen LogP contribution is 2.29. The van der Waals surface area contributed by atoms with Gasteiger partial charge in [-0.05, 0) is 50.9 Å². The summed E-state index contributed by atoms with van der Waals surface area (Å²) in [6.07, 6.45) is 2.67. The van der Waals surface area contributed by atoms with E-state index in [1.54, 1.807) is 14.2 Å². The predicted molar refractivity (Wildman–Crippen MR) is 119 cm³/mol. The topological polar surface area (TPSA) is 58.1 Å². The minimum absolute atomic E-state index is 0. The summed E-state index contributed by atoms with van der Waals surface area (Å²) < 4.78 is 10.6. The van der Waals surface area contributed by atoms with E-state index in [2.05, 4.69) is 29.4 Å². The molecule has 7 heteroatoms. The molecular formula is C19H33IN4O2. The Labute approximate surface area is 174 Å². The molecule has 0 bridgehead atoms. The Bertz CT molecular complexity index is 562. The number of ether oxygens (including phenoxy) is 2. The molecule has 148 valence electrons. The van der Waals surface area contributed by atoms with E-state index in [1.807, 2.05) is 18.2 Å². The van der Waals surface area contributed by atoms with Crippen molar-refractivity contribution >= 4 is 35.6 Å². The Hall–Kier alpha value is -1.22. The van der Waals surface area contributed by atoms with E-state index in [1.165, 1.54) is 25.9 Å². The fraction of sp³-hybridized carbons (Fsp3) is 0.632. The van der Waals surface area contributed by atoms with Crippen LogP contribution in [0.1, 0.15) is 26.7 Å². The molecule has 0 spiro atoms. The van der Waals surface area contributed by atoms with Gasteiger partial charge in [-0.3, -0.25) is 4.99 Å². The van der Waals surface area contributed by atoms with Crippen LogP contribution < -0.4 is 20.1 Å². The van der Waals surface area contributed by atoms with Gasteiger partial charge in [0.15, 0.2) is 17.5 Å². The van der Waals surface area contributed by atoms with Crippen molar-refractivity contribution in [3.8, 4) is 11.5 Å². The molecule has 1 saturated heterocycles. The van der Waals surface area contributed by atoms with Gasteiger partial charge in [0.05, 0.1) is 14.2 Å². The molecule has 1 aliphatic rings. The summed E-state index contributed by atoms with van der Waals surface area (Å²) in [4.78, 5) is 7.28. The summed E-state index contributed by atoms with van der Waals surface area (Å²) in [7, 11) is 3.28. The molecule has 1 aliphatic heterocycles. The predicted octanol–water partition coefficient (Wildman–Crippen LogP) is 3.43. The van der Waals surface area contributed by atoms with Crippen molar-refractivity contribution in [3.63, 3.8) is 0 Å². The average molecular weight is 476 g/mol. The first-order valence-electron chi connectivity index (χ1n) is 9.16. The van der Waals surface area contributed by atoms with Crippen LogP contribution in [0, 0.1) is 5.92 Å². The second kappa shape index (κ2) is 12.2. The smallest absolute Gasteiger partial charge is 0.195 e. The minimum Gasteiger partial charge on any atom is -0.493 e. The van der Waals surface area contributed by atoms with Crippen LogP contribution in [0.4, 0.5) is 5.69 Å². The van der Waals surface area contributed by atoms with Crippen LogP contribution in [0.3, 0.4) is 0 Å². The molecule has 0 radical (unpaired) electrons. The van der Waals surface area contributed by atoms with E-state index in [-0.39, 0.29) is 24.0 Å². The van der Waals surface area contributed by atoms with Gasteiger partial charge in [-0.1, -0.05) is 6.92 Å². The number of nitrogens with zero attached hydrogens (tertiary/aromatic N) is 2. The Morgan fingerprint density at radius 1 is 1.19 bits per heavy atom. The van der Waals surface area contributed by atoms with Crippen LogP contribution in [-0.4, -0.2) is 57.8 Å². The molecular weight excluding hydrogens is 443 g/mol. The van der Waals surface area contributed by atoms with Crippen molar-refractivity contribution in [2.45, 2.75) is 26.7 Å². The molecule has 6 nitrogen and oxygen atoms in total. The maximum absolute atomic E-state index is 5.36. The summed E-state index contributed by atoms with van der Waals surface area (Å²) in [5.41, 5.74) is 0.921. The number of rotatable bonds is 8. The maximum atomic E-state index is 5.36. The first-order chi connectivity index (χ1) is 12.2. The Morgan fingerprint density at radius 2 is 1.88 bits per heavy atom. The summed E-state index contributed by atoms with van der Waals surface area (Å²) in [6, 6.07) is 5.77. The second-order valence-corrected chi connectivity index (χ2v) is 6.53. The molecule has 0 aromatic heterocycles. The highest BCUT2D eigenvalue weighted by Gasteiger charge is 2.14. The normalized spacial score (nSPS) is 15.9. The van der Waals surface area contributed by atoms with E-state index < -0.39 is 0 Å². The number of hydrogen-bond donors (Lipinski definition) is 2. The largest absolute Gasteiger partial charge is 0.493 e. The number of benzene rings is 1. The third kappa shape index (κ3) is 7.19. The molecule has 2 N–H and O–H groups in total. The highest BCUT2D eigenvalue weighted by atomic mass is 127. The van der Waals surface area contributed by atoms with Crippen molar-refractivity contribution in [3.05, 3.63) is 18.2 Å². The molecule has 1 unspecified atom stereocenters. The van der Waals surface area contributed by atoms with E-state index in [9.17, 15) is 0 Å². The number of likely N-dealkylation sites (tertiary alicyclic amines) is 1. The molecule has 0 amide bonds. The third-order valence-electron chi connectivity index (χ3n) is 4.32. The fourth-order valence-corrected chi connectivity index (χ4v) is 3.07. The molecule has 1 atom stereocenters. The number of anilines is 1. The molecule has 1 fully saturated rings. The van der Waals surface area contributed by atoms with Gasteiger partial charge in [-0.15, -0.1) is 24.0 Å². The fourth-order valence-electron chi connectivity index (χ4n) is 3.07. The van der Waals surface area contributed by atoms with E-state index in [0.29, 0.717) is 17.4 Å². The molecule has 1 aromatic carbocycles. The SMILES string of the molecule is CCNC(=NCC(C)CN1CCCC1)Nc1ccc(OC)c(OC)c1.I. The number of guanidine groups is 1. The lowest BCUT2D eigenvalue weighted by Crippen LogP contribution is -2.32. The number of nitrogens with one attached hydrogen (secondary N) is 2. The van der Waals surface area contributed by atoms with Gasteiger partial charge in [-0.2, -0.15) is 0 Å². The first-order valence-corrected chi connectivity index (χ1v) is 9.16. The molecule has 1 aromatic rings. The minimum atomic E-state index is 0. The Kier molecular flexibility index (Phi) is 10.7. The molecule has 1 heterocycles.